The minimum atomic E-state index is 0.644. The summed E-state index contributed by atoms with van der Waals surface area (Å²) in [5.74, 6) is 0. The van der Waals surface area contributed by atoms with Crippen LogP contribution >= 0.6 is 0 Å². The molecule has 0 aromatic heterocycles. The third-order valence-corrected chi connectivity index (χ3v) is 1.06. The summed E-state index contributed by atoms with van der Waals surface area (Å²) in [6, 6.07) is 0. The first-order valence-electron chi connectivity index (χ1n) is 3.11. The van der Waals surface area contributed by atoms with Crippen LogP contribution in [-0.2, 0) is 4.74 Å². The molecular formula is C8H14O. The molecule has 9 heavy (non-hydrogen) atoms. The molecule has 0 spiro atoms. The quantitative estimate of drug-likeness (QED) is 0.414. The summed E-state index contributed by atoms with van der Waals surface area (Å²) in [6.45, 7) is 8.96. The lowest BCUT2D eigenvalue weighted by atomic mass is 10.3. The fourth-order valence-corrected chi connectivity index (χ4v) is 0.387. The van der Waals surface area contributed by atoms with Crippen molar-refractivity contribution in [2.24, 2.45) is 0 Å². The Labute approximate surface area is 57.0 Å². The van der Waals surface area contributed by atoms with Crippen molar-refractivity contribution in [1.82, 2.24) is 0 Å². The van der Waals surface area contributed by atoms with Crippen LogP contribution < -0.4 is 0 Å². The SMILES string of the molecule is C=CCOCC(C)=CC. The average molecular weight is 126 g/mol. The van der Waals surface area contributed by atoms with Gasteiger partial charge in [-0.2, -0.15) is 0 Å². The van der Waals surface area contributed by atoms with Crippen molar-refractivity contribution in [2.75, 3.05) is 13.2 Å². The van der Waals surface area contributed by atoms with Gasteiger partial charge < -0.3 is 4.74 Å². The Morgan fingerprint density at radius 1 is 1.67 bits per heavy atom. The van der Waals surface area contributed by atoms with Gasteiger partial charge in [0.1, 0.15) is 0 Å². The molecule has 52 valence electrons. The van der Waals surface area contributed by atoms with E-state index in [9.17, 15) is 0 Å². The van der Waals surface area contributed by atoms with Crippen LogP contribution in [0.4, 0.5) is 0 Å². The summed E-state index contributed by atoms with van der Waals surface area (Å²) in [4.78, 5) is 0. The molecule has 0 aromatic rings. The van der Waals surface area contributed by atoms with E-state index < -0.39 is 0 Å². The van der Waals surface area contributed by atoms with E-state index in [0.29, 0.717) is 6.61 Å². The van der Waals surface area contributed by atoms with Gasteiger partial charge in [0, 0.05) is 0 Å². The summed E-state index contributed by atoms with van der Waals surface area (Å²) >= 11 is 0. The summed E-state index contributed by atoms with van der Waals surface area (Å²) in [5, 5.41) is 0. The van der Waals surface area contributed by atoms with Crippen LogP contribution in [0.3, 0.4) is 0 Å². The zero-order chi connectivity index (χ0) is 7.11. The molecule has 0 aliphatic carbocycles. The second kappa shape index (κ2) is 5.57. The van der Waals surface area contributed by atoms with E-state index in [-0.39, 0.29) is 0 Å². The predicted octanol–water partition coefficient (Wildman–Crippen LogP) is 2.16. The van der Waals surface area contributed by atoms with Crippen molar-refractivity contribution in [2.45, 2.75) is 13.8 Å². The number of rotatable bonds is 4. The number of allylic oxidation sites excluding steroid dienone is 1. The minimum absolute atomic E-state index is 0.644. The Morgan fingerprint density at radius 3 is 2.78 bits per heavy atom. The molecule has 1 nitrogen and oxygen atoms in total. The van der Waals surface area contributed by atoms with Gasteiger partial charge in [0.2, 0.25) is 0 Å². The van der Waals surface area contributed by atoms with E-state index in [0.717, 1.165) is 6.61 Å². The lowest BCUT2D eigenvalue weighted by molar-refractivity contribution is 0.187. The maximum absolute atomic E-state index is 5.15. The molecule has 1 heteroatoms. The molecule has 0 fully saturated rings. The van der Waals surface area contributed by atoms with Crippen LogP contribution in [-0.4, -0.2) is 13.2 Å². The highest BCUT2D eigenvalue weighted by atomic mass is 16.5. The van der Waals surface area contributed by atoms with Crippen molar-refractivity contribution in [3.05, 3.63) is 24.3 Å². The third-order valence-electron chi connectivity index (χ3n) is 1.06. The van der Waals surface area contributed by atoms with Gasteiger partial charge in [-0.05, 0) is 13.8 Å². The maximum Gasteiger partial charge on any atom is 0.0678 e. The fraction of sp³-hybridized carbons (Fsp3) is 0.500. The van der Waals surface area contributed by atoms with E-state index >= 15 is 0 Å². The highest BCUT2D eigenvalue weighted by Gasteiger charge is 1.83. The van der Waals surface area contributed by atoms with Crippen LogP contribution in [0.25, 0.3) is 0 Å². The molecule has 0 aliphatic heterocycles. The first-order chi connectivity index (χ1) is 4.31. The molecule has 0 radical (unpaired) electrons. The highest BCUT2D eigenvalue weighted by molar-refractivity contribution is 4.95. The summed E-state index contributed by atoms with van der Waals surface area (Å²) < 4.78 is 5.15. The summed E-state index contributed by atoms with van der Waals surface area (Å²) in [5.41, 5.74) is 1.26. The Morgan fingerprint density at radius 2 is 2.33 bits per heavy atom. The van der Waals surface area contributed by atoms with Gasteiger partial charge in [0.05, 0.1) is 13.2 Å². The molecule has 0 aliphatic rings. The first-order valence-corrected chi connectivity index (χ1v) is 3.11. The standard InChI is InChI=1S/C8H14O/c1-4-6-9-7-8(3)5-2/h4-5H,1,6-7H2,2-3H3. The van der Waals surface area contributed by atoms with Gasteiger partial charge in [-0.3, -0.25) is 0 Å². The second-order valence-electron chi connectivity index (χ2n) is 1.94. The molecule has 0 unspecified atom stereocenters. The predicted molar refractivity (Wildman–Crippen MR) is 40.4 cm³/mol. The van der Waals surface area contributed by atoms with Crippen LogP contribution in [0, 0.1) is 0 Å². The van der Waals surface area contributed by atoms with Gasteiger partial charge in [-0.15, -0.1) is 6.58 Å². The zero-order valence-electron chi connectivity index (χ0n) is 6.18. The molecule has 0 rings (SSSR count). The average Bonchev–Trinajstić information content (AvgIpc) is 1.89. The Kier molecular flexibility index (Phi) is 5.23. The summed E-state index contributed by atoms with van der Waals surface area (Å²) in [6.07, 6.45) is 3.80. The van der Waals surface area contributed by atoms with E-state index in [2.05, 4.69) is 6.58 Å². The van der Waals surface area contributed by atoms with E-state index in [1.165, 1.54) is 5.57 Å². The largest absolute Gasteiger partial charge is 0.373 e. The number of ether oxygens (including phenoxy) is 1. The van der Waals surface area contributed by atoms with Crippen LogP contribution in [0.1, 0.15) is 13.8 Å². The molecule has 0 amide bonds. The monoisotopic (exact) mass is 126 g/mol. The van der Waals surface area contributed by atoms with Crippen LogP contribution in [0.5, 0.6) is 0 Å². The summed E-state index contributed by atoms with van der Waals surface area (Å²) in [7, 11) is 0. The van der Waals surface area contributed by atoms with E-state index in [1.807, 2.05) is 19.9 Å². The van der Waals surface area contributed by atoms with Crippen molar-refractivity contribution in [3.8, 4) is 0 Å². The maximum atomic E-state index is 5.15. The van der Waals surface area contributed by atoms with Gasteiger partial charge in [-0.1, -0.05) is 17.7 Å². The van der Waals surface area contributed by atoms with Crippen molar-refractivity contribution in [1.29, 1.82) is 0 Å². The van der Waals surface area contributed by atoms with Gasteiger partial charge >= 0.3 is 0 Å². The second-order valence-corrected chi connectivity index (χ2v) is 1.94. The molecule has 0 heterocycles. The molecule has 0 bridgehead atoms. The lowest BCUT2D eigenvalue weighted by Gasteiger charge is -1.98. The molecule has 0 saturated carbocycles. The molecule has 0 N–H and O–H groups in total. The molecule has 0 saturated heterocycles. The van der Waals surface area contributed by atoms with Crippen LogP contribution in [0.2, 0.25) is 0 Å². The smallest absolute Gasteiger partial charge is 0.0678 e. The van der Waals surface area contributed by atoms with E-state index in [1.54, 1.807) is 6.08 Å². The van der Waals surface area contributed by atoms with Gasteiger partial charge in [-0.25, -0.2) is 0 Å². The number of hydrogen-bond donors (Lipinski definition) is 0. The van der Waals surface area contributed by atoms with E-state index in [4.69, 9.17) is 4.74 Å². The Bertz CT molecular complexity index is 103. The number of hydrogen-bond acceptors (Lipinski definition) is 1. The minimum Gasteiger partial charge on any atom is -0.373 e. The van der Waals surface area contributed by atoms with Crippen molar-refractivity contribution >= 4 is 0 Å². The van der Waals surface area contributed by atoms with Crippen molar-refractivity contribution in [3.63, 3.8) is 0 Å². The molecular weight excluding hydrogens is 112 g/mol. The molecule has 0 atom stereocenters. The first kappa shape index (κ1) is 8.44. The van der Waals surface area contributed by atoms with Gasteiger partial charge in [0.25, 0.3) is 0 Å². The highest BCUT2D eigenvalue weighted by Crippen LogP contribution is 1.91. The van der Waals surface area contributed by atoms with Gasteiger partial charge in [0.15, 0.2) is 0 Å². The Balaban J connectivity index is 3.17. The lowest BCUT2D eigenvalue weighted by Crippen LogP contribution is -1.94. The topological polar surface area (TPSA) is 9.23 Å². The molecule has 0 aromatic carbocycles. The normalized spacial score (nSPS) is 11.6. The van der Waals surface area contributed by atoms with Crippen LogP contribution in [0.15, 0.2) is 24.3 Å². The third kappa shape index (κ3) is 5.31. The fourth-order valence-electron chi connectivity index (χ4n) is 0.387. The Hall–Kier alpha value is -0.560. The zero-order valence-corrected chi connectivity index (χ0v) is 6.18. The van der Waals surface area contributed by atoms with Crippen molar-refractivity contribution < 1.29 is 4.74 Å².